The van der Waals surface area contributed by atoms with Crippen LogP contribution in [0.25, 0.3) is 0 Å². The van der Waals surface area contributed by atoms with Gasteiger partial charge in [-0.1, -0.05) is 13.0 Å². The Balaban J connectivity index is 1.90. The highest BCUT2D eigenvalue weighted by molar-refractivity contribution is 7.09. The summed E-state index contributed by atoms with van der Waals surface area (Å²) < 4.78 is 0. The van der Waals surface area contributed by atoms with Crippen molar-refractivity contribution in [3.05, 3.63) is 46.3 Å². The molecular weight excluding hydrogens is 254 g/mol. The van der Waals surface area contributed by atoms with Crippen LogP contribution < -0.4 is 5.32 Å². The Kier molecular flexibility index (Phi) is 5.36. The lowest BCUT2D eigenvalue weighted by atomic mass is 10.2. The number of hydrogen-bond donors (Lipinski definition) is 1. The number of hydrogen-bond acceptors (Lipinski definition) is 4. The fourth-order valence-corrected chi connectivity index (χ4v) is 2.74. The minimum atomic E-state index is 0.946. The van der Waals surface area contributed by atoms with Crippen LogP contribution in [0, 0.1) is 0 Å². The normalized spacial score (nSPS) is 10.9. The summed E-state index contributed by atoms with van der Waals surface area (Å²) in [7, 11) is 2.15. The van der Waals surface area contributed by atoms with Crippen molar-refractivity contribution < 1.29 is 0 Å². The molecule has 2 rings (SSSR count). The van der Waals surface area contributed by atoms with Crippen LogP contribution in [-0.4, -0.2) is 23.5 Å². The Hall–Kier alpha value is -1.39. The van der Waals surface area contributed by atoms with E-state index in [1.807, 2.05) is 17.5 Å². The van der Waals surface area contributed by atoms with Gasteiger partial charge in [-0.15, -0.1) is 11.3 Å². The SMILES string of the molecule is CCCNc1cc(CN(C)Cc2cccs2)ccn1. The van der Waals surface area contributed by atoms with E-state index in [-0.39, 0.29) is 0 Å². The van der Waals surface area contributed by atoms with Gasteiger partial charge in [0.2, 0.25) is 0 Å². The number of nitrogens with zero attached hydrogens (tertiary/aromatic N) is 2. The predicted molar refractivity (Wildman–Crippen MR) is 82.5 cm³/mol. The van der Waals surface area contributed by atoms with Crippen molar-refractivity contribution in [1.29, 1.82) is 0 Å². The molecule has 2 aromatic heterocycles. The van der Waals surface area contributed by atoms with E-state index in [4.69, 9.17) is 0 Å². The average molecular weight is 275 g/mol. The molecule has 3 nitrogen and oxygen atoms in total. The second-order valence-electron chi connectivity index (χ2n) is 4.73. The lowest BCUT2D eigenvalue weighted by Crippen LogP contribution is -2.16. The lowest BCUT2D eigenvalue weighted by Gasteiger charge is -2.16. The topological polar surface area (TPSA) is 28.2 Å². The molecule has 0 aliphatic rings. The van der Waals surface area contributed by atoms with E-state index in [9.17, 15) is 0 Å². The van der Waals surface area contributed by atoms with Gasteiger partial charge >= 0.3 is 0 Å². The largest absolute Gasteiger partial charge is 0.370 e. The van der Waals surface area contributed by atoms with E-state index in [0.29, 0.717) is 0 Å². The van der Waals surface area contributed by atoms with Crippen LogP contribution in [0.3, 0.4) is 0 Å². The van der Waals surface area contributed by atoms with E-state index >= 15 is 0 Å². The van der Waals surface area contributed by atoms with Crippen molar-refractivity contribution in [2.24, 2.45) is 0 Å². The molecule has 0 radical (unpaired) electrons. The molecule has 0 fully saturated rings. The minimum Gasteiger partial charge on any atom is -0.370 e. The zero-order valence-corrected chi connectivity index (χ0v) is 12.4. The summed E-state index contributed by atoms with van der Waals surface area (Å²) in [5.41, 5.74) is 1.30. The summed E-state index contributed by atoms with van der Waals surface area (Å²) >= 11 is 1.81. The van der Waals surface area contributed by atoms with Gasteiger partial charge in [0.1, 0.15) is 5.82 Å². The smallest absolute Gasteiger partial charge is 0.126 e. The predicted octanol–water partition coefficient (Wildman–Crippen LogP) is 3.60. The van der Waals surface area contributed by atoms with Crippen molar-refractivity contribution in [2.45, 2.75) is 26.4 Å². The molecule has 0 unspecified atom stereocenters. The second-order valence-corrected chi connectivity index (χ2v) is 5.76. The highest BCUT2D eigenvalue weighted by Crippen LogP contribution is 2.14. The van der Waals surface area contributed by atoms with Crippen molar-refractivity contribution >= 4 is 17.2 Å². The molecule has 2 aromatic rings. The summed E-state index contributed by atoms with van der Waals surface area (Å²) in [5.74, 6) is 0.976. The molecule has 0 spiro atoms. The average Bonchev–Trinajstić information content (AvgIpc) is 2.89. The molecule has 2 heterocycles. The maximum atomic E-state index is 4.33. The molecule has 0 aromatic carbocycles. The summed E-state index contributed by atoms with van der Waals surface area (Å²) in [5, 5.41) is 5.45. The number of pyridine rings is 1. The molecule has 4 heteroatoms. The van der Waals surface area contributed by atoms with Gasteiger partial charge in [-0.2, -0.15) is 0 Å². The second kappa shape index (κ2) is 7.26. The van der Waals surface area contributed by atoms with Gasteiger partial charge in [-0.3, -0.25) is 4.90 Å². The van der Waals surface area contributed by atoms with Gasteiger partial charge in [0.05, 0.1) is 0 Å². The molecule has 0 saturated heterocycles. The number of anilines is 1. The number of nitrogens with one attached hydrogen (secondary N) is 1. The molecule has 0 saturated carbocycles. The van der Waals surface area contributed by atoms with Crippen molar-refractivity contribution in [3.63, 3.8) is 0 Å². The first-order chi connectivity index (χ1) is 9.28. The molecule has 0 atom stereocenters. The van der Waals surface area contributed by atoms with Crippen molar-refractivity contribution in [2.75, 3.05) is 18.9 Å². The van der Waals surface area contributed by atoms with Crippen LogP contribution in [0.15, 0.2) is 35.8 Å². The zero-order valence-electron chi connectivity index (χ0n) is 11.6. The van der Waals surface area contributed by atoms with Crippen molar-refractivity contribution in [3.8, 4) is 0 Å². The minimum absolute atomic E-state index is 0.946. The lowest BCUT2D eigenvalue weighted by molar-refractivity contribution is 0.322. The van der Waals surface area contributed by atoms with Crippen molar-refractivity contribution in [1.82, 2.24) is 9.88 Å². The van der Waals surface area contributed by atoms with Crippen LogP contribution in [0.5, 0.6) is 0 Å². The van der Waals surface area contributed by atoms with E-state index in [2.05, 4.69) is 58.8 Å². The zero-order chi connectivity index (χ0) is 13.5. The molecule has 1 N–H and O–H groups in total. The highest BCUT2D eigenvalue weighted by atomic mass is 32.1. The quantitative estimate of drug-likeness (QED) is 0.837. The maximum Gasteiger partial charge on any atom is 0.126 e. The molecule has 0 amide bonds. The standard InChI is InChI=1S/C15H21N3S/c1-3-7-16-15-10-13(6-8-17-15)11-18(2)12-14-5-4-9-19-14/h4-6,8-10H,3,7,11-12H2,1-2H3,(H,16,17). The third-order valence-electron chi connectivity index (χ3n) is 2.84. The molecule has 0 aliphatic heterocycles. The third kappa shape index (κ3) is 4.65. The monoisotopic (exact) mass is 275 g/mol. The van der Waals surface area contributed by atoms with Crippen LogP contribution in [0.1, 0.15) is 23.8 Å². The first-order valence-corrected chi connectivity index (χ1v) is 7.55. The number of rotatable bonds is 7. The summed E-state index contributed by atoms with van der Waals surface area (Å²) in [4.78, 5) is 8.06. The van der Waals surface area contributed by atoms with Gasteiger partial charge < -0.3 is 5.32 Å². The maximum absolute atomic E-state index is 4.33. The molecule has 102 valence electrons. The Morgan fingerprint density at radius 3 is 2.95 bits per heavy atom. The van der Waals surface area contributed by atoms with Gasteiger partial charge in [-0.05, 0) is 42.6 Å². The molecule has 19 heavy (non-hydrogen) atoms. The summed E-state index contributed by atoms with van der Waals surface area (Å²) in [6, 6.07) is 8.51. The Labute approximate surface area is 119 Å². The van der Waals surface area contributed by atoms with Crippen LogP contribution in [0.2, 0.25) is 0 Å². The number of aromatic nitrogens is 1. The van der Waals surface area contributed by atoms with E-state index in [0.717, 1.165) is 31.9 Å². The van der Waals surface area contributed by atoms with Crippen LogP contribution in [0.4, 0.5) is 5.82 Å². The van der Waals surface area contributed by atoms with Gasteiger partial charge in [0.25, 0.3) is 0 Å². The Morgan fingerprint density at radius 2 is 2.21 bits per heavy atom. The van der Waals surface area contributed by atoms with Crippen LogP contribution >= 0.6 is 11.3 Å². The van der Waals surface area contributed by atoms with Gasteiger partial charge in [0, 0.05) is 30.7 Å². The van der Waals surface area contributed by atoms with Gasteiger partial charge in [-0.25, -0.2) is 4.98 Å². The highest BCUT2D eigenvalue weighted by Gasteiger charge is 2.03. The van der Waals surface area contributed by atoms with E-state index < -0.39 is 0 Å². The Bertz CT molecular complexity index is 482. The summed E-state index contributed by atoms with van der Waals surface area (Å²) in [6.45, 7) is 5.08. The van der Waals surface area contributed by atoms with Crippen LogP contribution in [-0.2, 0) is 13.1 Å². The van der Waals surface area contributed by atoms with Gasteiger partial charge in [0.15, 0.2) is 0 Å². The fourth-order valence-electron chi connectivity index (χ4n) is 1.96. The molecular formula is C15H21N3S. The Morgan fingerprint density at radius 1 is 1.32 bits per heavy atom. The molecule has 0 aliphatic carbocycles. The first kappa shape index (κ1) is 14.0. The third-order valence-corrected chi connectivity index (χ3v) is 3.70. The number of thiophene rings is 1. The van der Waals surface area contributed by atoms with E-state index in [1.165, 1.54) is 10.4 Å². The summed E-state index contributed by atoms with van der Waals surface area (Å²) in [6.07, 6.45) is 3.00. The first-order valence-electron chi connectivity index (χ1n) is 6.67. The van der Waals surface area contributed by atoms with E-state index in [1.54, 1.807) is 0 Å². The fraction of sp³-hybridized carbons (Fsp3) is 0.400. The molecule has 0 bridgehead atoms.